The quantitative estimate of drug-likeness (QED) is 0.454. The van der Waals surface area contributed by atoms with Gasteiger partial charge in [-0.2, -0.15) is 0 Å². The van der Waals surface area contributed by atoms with E-state index in [1.165, 1.54) is 30.3 Å². The van der Waals surface area contributed by atoms with Gasteiger partial charge in [0.2, 0.25) is 0 Å². The first kappa shape index (κ1) is 22.2. The molecule has 30 heavy (non-hydrogen) atoms. The van der Waals surface area contributed by atoms with E-state index in [9.17, 15) is 13.2 Å². The first-order valence-corrected chi connectivity index (χ1v) is 11.5. The van der Waals surface area contributed by atoms with Crippen molar-refractivity contribution in [3.05, 3.63) is 94.0 Å². The number of hydrogen-bond donors (Lipinski definition) is 2. The molecule has 156 valence electrons. The second-order valence-corrected chi connectivity index (χ2v) is 9.06. The van der Waals surface area contributed by atoms with Gasteiger partial charge in [-0.1, -0.05) is 59.6 Å². The zero-order valence-electron chi connectivity index (χ0n) is 15.9. The number of hydrogen-bond acceptors (Lipinski definition) is 3. The highest BCUT2D eigenvalue weighted by molar-refractivity contribution is 7.92. The van der Waals surface area contributed by atoms with Crippen LogP contribution < -0.4 is 10.0 Å². The molecule has 8 heteroatoms. The maximum Gasteiger partial charge on any atom is 0.261 e. The summed E-state index contributed by atoms with van der Waals surface area (Å²) < 4.78 is 27.4. The number of carbonyl (C=O) groups excluding carboxylic acids is 1. The zero-order chi connectivity index (χ0) is 21.6. The monoisotopic (exact) mass is 462 g/mol. The van der Waals surface area contributed by atoms with Crippen molar-refractivity contribution in [1.29, 1.82) is 0 Å². The number of amides is 1. The molecule has 0 saturated carbocycles. The first-order chi connectivity index (χ1) is 14.4. The fourth-order valence-electron chi connectivity index (χ4n) is 2.85. The van der Waals surface area contributed by atoms with Crippen LogP contribution in [-0.4, -0.2) is 20.9 Å². The molecule has 0 spiro atoms. The van der Waals surface area contributed by atoms with E-state index in [2.05, 4.69) is 10.0 Å². The van der Waals surface area contributed by atoms with E-state index in [1.807, 2.05) is 24.3 Å². The van der Waals surface area contributed by atoms with Gasteiger partial charge in [-0.05, 0) is 54.8 Å². The van der Waals surface area contributed by atoms with Crippen molar-refractivity contribution in [1.82, 2.24) is 5.32 Å². The lowest BCUT2D eigenvalue weighted by Crippen LogP contribution is -2.25. The average Bonchev–Trinajstić information content (AvgIpc) is 2.74. The van der Waals surface area contributed by atoms with Crippen molar-refractivity contribution >= 4 is 44.8 Å². The van der Waals surface area contributed by atoms with Gasteiger partial charge in [0.1, 0.15) is 0 Å². The van der Waals surface area contributed by atoms with E-state index < -0.39 is 10.0 Å². The van der Waals surface area contributed by atoms with Crippen molar-refractivity contribution in [2.24, 2.45) is 0 Å². The number of aryl methyl sites for hydroxylation is 1. The summed E-state index contributed by atoms with van der Waals surface area (Å²) in [4.78, 5) is 12.7. The number of carbonyl (C=O) groups is 1. The van der Waals surface area contributed by atoms with Crippen LogP contribution in [0.1, 0.15) is 22.3 Å². The third-order valence-corrected chi connectivity index (χ3v) is 6.48. The van der Waals surface area contributed by atoms with Gasteiger partial charge in [0.25, 0.3) is 15.9 Å². The van der Waals surface area contributed by atoms with Crippen molar-refractivity contribution in [3.63, 3.8) is 0 Å². The van der Waals surface area contributed by atoms with Crippen LogP contribution in [0.4, 0.5) is 5.69 Å². The fraction of sp³-hybridized carbons (Fsp3) is 0.136. The first-order valence-electron chi connectivity index (χ1n) is 9.26. The van der Waals surface area contributed by atoms with Crippen LogP contribution in [0.5, 0.6) is 0 Å². The number of nitrogens with one attached hydrogen (secondary N) is 2. The lowest BCUT2D eigenvalue weighted by Gasteiger charge is -2.11. The number of rotatable bonds is 8. The number of sulfonamides is 1. The van der Waals surface area contributed by atoms with Crippen LogP contribution in [0.2, 0.25) is 10.0 Å². The second kappa shape index (κ2) is 9.98. The van der Waals surface area contributed by atoms with Crippen LogP contribution in [0.15, 0.2) is 77.7 Å². The molecule has 0 radical (unpaired) electrons. The Bertz CT molecular complexity index is 1140. The van der Waals surface area contributed by atoms with Crippen molar-refractivity contribution < 1.29 is 13.2 Å². The van der Waals surface area contributed by atoms with Crippen LogP contribution in [-0.2, 0) is 16.4 Å². The molecule has 0 saturated heterocycles. The lowest BCUT2D eigenvalue weighted by atomic mass is 10.1. The Morgan fingerprint density at radius 2 is 1.57 bits per heavy atom. The molecule has 0 unspecified atom stereocenters. The molecule has 2 N–H and O–H groups in total. The van der Waals surface area contributed by atoms with Crippen LogP contribution in [0, 0.1) is 0 Å². The van der Waals surface area contributed by atoms with Crippen LogP contribution in [0.3, 0.4) is 0 Å². The van der Waals surface area contributed by atoms with Gasteiger partial charge in [0.05, 0.1) is 15.5 Å². The molecule has 3 aromatic carbocycles. The standard InChI is InChI=1S/C22H20Cl2N2O3S/c23-20-11-5-4-7-16(20)8-6-14-25-22(27)19-15-17(12-13-21(19)24)26-30(28,29)18-9-2-1-3-10-18/h1-5,7,9-13,15,26H,6,8,14H2,(H,25,27). The Morgan fingerprint density at radius 1 is 0.867 bits per heavy atom. The highest BCUT2D eigenvalue weighted by Gasteiger charge is 2.16. The van der Waals surface area contributed by atoms with Gasteiger partial charge in [-0.25, -0.2) is 8.42 Å². The van der Waals surface area contributed by atoms with Crippen molar-refractivity contribution in [3.8, 4) is 0 Å². The van der Waals surface area contributed by atoms with E-state index in [-0.39, 0.29) is 27.1 Å². The number of anilines is 1. The fourth-order valence-corrected chi connectivity index (χ4v) is 4.36. The molecule has 0 bridgehead atoms. The van der Waals surface area contributed by atoms with Gasteiger partial charge in [0, 0.05) is 17.3 Å². The Balaban J connectivity index is 1.63. The molecular formula is C22H20Cl2N2O3S. The lowest BCUT2D eigenvalue weighted by molar-refractivity contribution is 0.0953. The molecule has 1 amide bonds. The molecular weight excluding hydrogens is 443 g/mol. The molecule has 0 atom stereocenters. The summed E-state index contributed by atoms with van der Waals surface area (Å²) in [7, 11) is -3.76. The molecule has 5 nitrogen and oxygen atoms in total. The largest absolute Gasteiger partial charge is 0.352 e. The summed E-state index contributed by atoms with van der Waals surface area (Å²) >= 11 is 12.3. The van der Waals surface area contributed by atoms with Gasteiger partial charge >= 0.3 is 0 Å². The summed E-state index contributed by atoms with van der Waals surface area (Å²) in [5.41, 5.74) is 1.47. The maximum absolute atomic E-state index is 12.5. The Morgan fingerprint density at radius 3 is 2.30 bits per heavy atom. The second-order valence-electron chi connectivity index (χ2n) is 6.56. The van der Waals surface area contributed by atoms with Gasteiger partial charge in [-0.3, -0.25) is 9.52 Å². The van der Waals surface area contributed by atoms with Crippen molar-refractivity contribution in [2.75, 3.05) is 11.3 Å². The minimum atomic E-state index is -3.76. The van der Waals surface area contributed by atoms with E-state index in [1.54, 1.807) is 18.2 Å². The summed E-state index contributed by atoms with van der Waals surface area (Å²) in [6.07, 6.45) is 1.43. The normalized spacial score (nSPS) is 11.1. The Labute approximate surface area is 186 Å². The van der Waals surface area contributed by atoms with E-state index >= 15 is 0 Å². The highest BCUT2D eigenvalue weighted by Crippen LogP contribution is 2.23. The average molecular weight is 463 g/mol. The Hall–Kier alpha value is -2.54. The third kappa shape index (κ3) is 5.75. The Kier molecular flexibility index (Phi) is 7.37. The predicted octanol–water partition coefficient (Wildman–Crippen LogP) is 5.16. The topological polar surface area (TPSA) is 75.3 Å². The summed E-state index contributed by atoms with van der Waals surface area (Å²) in [5, 5.41) is 3.74. The summed E-state index contributed by atoms with van der Waals surface area (Å²) in [6.45, 7) is 0.431. The van der Waals surface area contributed by atoms with E-state index in [0.717, 1.165) is 12.0 Å². The van der Waals surface area contributed by atoms with Gasteiger partial charge < -0.3 is 5.32 Å². The molecule has 0 aliphatic carbocycles. The molecule has 0 aliphatic heterocycles. The number of benzene rings is 3. The van der Waals surface area contributed by atoms with Crippen LogP contribution in [0.25, 0.3) is 0 Å². The summed E-state index contributed by atoms with van der Waals surface area (Å²) in [6, 6.07) is 20.0. The number of halogens is 2. The maximum atomic E-state index is 12.5. The third-order valence-electron chi connectivity index (χ3n) is 4.38. The molecule has 3 aromatic rings. The molecule has 0 fully saturated rings. The van der Waals surface area contributed by atoms with E-state index in [0.29, 0.717) is 18.0 Å². The highest BCUT2D eigenvalue weighted by atomic mass is 35.5. The molecule has 3 rings (SSSR count). The van der Waals surface area contributed by atoms with Gasteiger partial charge in [0.15, 0.2) is 0 Å². The summed E-state index contributed by atoms with van der Waals surface area (Å²) in [5.74, 6) is -0.375. The SMILES string of the molecule is O=C(NCCCc1ccccc1Cl)c1cc(NS(=O)(=O)c2ccccc2)ccc1Cl. The molecule has 0 aromatic heterocycles. The molecule has 0 aliphatic rings. The van der Waals surface area contributed by atoms with Gasteiger partial charge in [-0.15, -0.1) is 0 Å². The van der Waals surface area contributed by atoms with E-state index in [4.69, 9.17) is 23.2 Å². The van der Waals surface area contributed by atoms with Crippen LogP contribution >= 0.6 is 23.2 Å². The molecule has 0 heterocycles. The smallest absolute Gasteiger partial charge is 0.261 e. The minimum Gasteiger partial charge on any atom is -0.352 e. The minimum absolute atomic E-state index is 0.130. The zero-order valence-corrected chi connectivity index (χ0v) is 18.3. The van der Waals surface area contributed by atoms with Crippen molar-refractivity contribution in [2.45, 2.75) is 17.7 Å². The predicted molar refractivity (Wildman–Crippen MR) is 121 cm³/mol.